The largest absolute Gasteiger partial charge is 0.354 e. The van der Waals surface area contributed by atoms with Gasteiger partial charge >= 0.3 is 5.69 Å². The Balaban J connectivity index is 2.23. The van der Waals surface area contributed by atoms with E-state index in [0.29, 0.717) is 6.42 Å². The Morgan fingerprint density at radius 1 is 1.42 bits per heavy atom. The van der Waals surface area contributed by atoms with Crippen LogP contribution in [0.25, 0.3) is 0 Å². The van der Waals surface area contributed by atoms with Crippen molar-refractivity contribution >= 4 is 23.2 Å². The van der Waals surface area contributed by atoms with Gasteiger partial charge in [0.25, 0.3) is 5.91 Å². The predicted octanol–water partition coefficient (Wildman–Crippen LogP) is 0.474. The second-order valence-corrected chi connectivity index (χ2v) is 4.99. The Morgan fingerprint density at radius 3 is 2.67 bits per heavy atom. The fraction of sp³-hybridized carbons (Fsp3) is 0.385. The van der Waals surface area contributed by atoms with Crippen molar-refractivity contribution in [2.24, 2.45) is 7.05 Å². The Morgan fingerprint density at radius 2 is 2.12 bits per heavy atom. The van der Waals surface area contributed by atoms with E-state index in [2.05, 4.69) is 20.8 Å². The SMILES string of the molecule is CCC(C(=O)Nc1cn(C)nc1C(=O)NC)n1cc([N+](=O)[O-])cn1. The molecular weight excluding hydrogens is 318 g/mol. The number of aromatic nitrogens is 4. The molecule has 2 aromatic rings. The molecule has 0 spiro atoms. The van der Waals surface area contributed by atoms with Gasteiger partial charge in [0.1, 0.15) is 18.4 Å². The summed E-state index contributed by atoms with van der Waals surface area (Å²) in [6.07, 6.45) is 4.13. The second kappa shape index (κ2) is 6.89. The van der Waals surface area contributed by atoms with Gasteiger partial charge in [-0.1, -0.05) is 6.92 Å². The maximum atomic E-state index is 12.5. The molecule has 0 fully saturated rings. The summed E-state index contributed by atoms with van der Waals surface area (Å²) in [6.45, 7) is 1.75. The number of carbonyl (C=O) groups is 2. The van der Waals surface area contributed by atoms with E-state index in [1.807, 2.05) is 0 Å². The first kappa shape index (κ1) is 17.1. The second-order valence-electron chi connectivity index (χ2n) is 4.99. The van der Waals surface area contributed by atoms with Gasteiger partial charge in [0.2, 0.25) is 5.91 Å². The number of hydrogen-bond acceptors (Lipinski definition) is 6. The van der Waals surface area contributed by atoms with Crippen molar-refractivity contribution in [3.8, 4) is 0 Å². The van der Waals surface area contributed by atoms with Crippen LogP contribution in [0.5, 0.6) is 0 Å². The molecule has 0 saturated heterocycles. The molecule has 128 valence electrons. The smallest absolute Gasteiger partial charge is 0.307 e. The summed E-state index contributed by atoms with van der Waals surface area (Å²) in [7, 11) is 3.08. The van der Waals surface area contributed by atoms with Gasteiger partial charge in [0.15, 0.2) is 5.69 Å². The van der Waals surface area contributed by atoms with E-state index < -0.39 is 22.8 Å². The van der Waals surface area contributed by atoms with E-state index in [1.165, 1.54) is 28.8 Å². The first-order chi connectivity index (χ1) is 11.4. The lowest BCUT2D eigenvalue weighted by atomic mass is 10.2. The first-order valence-electron chi connectivity index (χ1n) is 7.12. The topological polar surface area (TPSA) is 137 Å². The van der Waals surface area contributed by atoms with Crippen molar-refractivity contribution in [3.63, 3.8) is 0 Å². The molecule has 0 bridgehead atoms. The molecule has 1 atom stereocenters. The molecule has 0 saturated carbocycles. The summed E-state index contributed by atoms with van der Waals surface area (Å²) in [5.41, 5.74) is 0.130. The van der Waals surface area contributed by atoms with Gasteiger partial charge in [0.05, 0.1) is 10.6 Å². The normalized spacial score (nSPS) is 11.8. The van der Waals surface area contributed by atoms with Crippen molar-refractivity contribution in [3.05, 3.63) is 34.4 Å². The minimum atomic E-state index is -0.753. The molecule has 2 heterocycles. The van der Waals surface area contributed by atoms with Gasteiger partial charge in [-0.15, -0.1) is 0 Å². The van der Waals surface area contributed by atoms with Crippen molar-refractivity contribution in [1.82, 2.24) is 24.9 Å². The fourth-order valence-corrected chi connectivity index (χ4v) is 2.17. The van der Waals surface area contributed by atoms with E-state index in [9.17, 15) is 19.7 Å². The summed E-state index contributed by atoms with van der Waals surface area (Å²) in [5, 5.41) is 23.7. The zero-order valence-electron chi connectivity index (χ0n) is 13.4. The van der Waals surface area contributed by atoms with E-state index in [4.69, 9.17) is 0 Å². The molecule has 0 radical (unpaired) electrons. The first-order valence-corrected chi connectivity index (χ1v) is 7.12. The molecule has 24 heavy (non-hydrogen) atoms. The maximum absolute atomic E-state index is 12.5. The zero-order chi connectivity index (χ0) is 17.9. The lowest BCUT2D eigenvalue weighted by Crippen LogP contribution is -2.27. The van der Waals surface area contributed by atoms with Crippen LogP contribution >= 0.6 is 0 Å². The summed E-state index contributed by atoms with van der Waals surface area (Å²) in [5.74, 6) is -0.887. The summed E-state index contributed by atoms with van der Waals surface area (Å²) >= 11 is 0. The number of hydrogen-bond donors (Lipinski definition) is 2. The highest BCUT2D eigenvalue weighted by Gasteiger charge is 2.24. The quantitative estimate of drug-likeness (QED) is 0.581. The van der Waals surface area contributed by atoms with Gasteiger partial charge in [-0.3, -0.25) is 29.1 Å². The van der Waals surface area contributed by atoms with Crippen LogP contribution in [-0.4, -0.2) is 43.3 Å². The average molecular weight is 335 g/mol. The highest BCUT2D eigenvalue weighted by atomic mass is 16.6. The van der Waals surface area contributed by atoms with E-state index in [0.717, 1.165) is 6.20 Å². The number of anilines is 1. The number of nitrogens with one attached hydrogen (secondary N) is 2. The predicted molar refractivity (Wildman–Crippen MR) is 83.4 cm³/mol. The summed E-state index contributed by atoms with van der Waals surface area (Å²) in [6, 6.07) is -0.753. The average Bonchev–Trinajstić information content (AvgIpc) is 3.14. The minimum absolute atomic E-state index is 0.0784. The van der Waals surface area contributed by atoms with E-state index in [-0.39, 0.29) is 17.1 Å². The third-order valence-corrected chi connectivity index (χ3v) is 3.34. The third kappa shape index (κ3) is 3.39. The van der Waals surface area contributed by atoms with Crippen molar-refractivity contribution < 1.29 is 14.5 Å². The van der Waals surface area contributed by atoms with Gasteiger partial charge in [-0.2, -0.15) is 10.2 Å². The molecule has 0 aliphatic carbocycles. The van der Waals surface area contributed by atoms with Crippen LogP contribution in [0, 0.1) is 10.1 Å². The Labute approximate surface area is 136 Å². The van der Waals surface area contributed by atoms with Gasteiger partial charge in [-0.25, -0.2) is 0 Å². The molecule has 1 unspecified atom stereocenters. The molecular formula is C13H17N7O4. The van der Waals surface area contributed by atoms with Crippen LogP contribution < -0.4 is 10.6 Å². The zero-order valence-corrected chi connectivity index (χ0v) is 13.4. The fourth-order valence-electron chi connectivity index (χ4n) is 2.17. The molecule has 2 aromatic heterocycles. The van der Waals surface area contributed by atoms with Crippen molar-refractivity contribution in [2.45, 2.75) is 19.4 Å². The highest BCUT2D eigenvalue weighted by molar-refractivity contribution is 6.02. The molecule has 2 N–H and O–H groups in total. The third-order valence-electron chi connectivity index (χ3n) is 3.34. The van der Waals surface area contributed by atoms with E-state index >= 15 is 0 Å². The number of nitrogens with zero attached hydrogens (tertiary/aromatic N) is 5. The Hall–Kier alpha value is -3.24. The van der Waals surface area contributed by atoms with Crippen LogP contribution in [0.3, 0.4) is 0 Å². The molecule has 11 heteroatoms. The number of amides is 2. The Bertz CT molecular complexity index is 779. The van der Waals surface area contributed by atoms with Gasteiger partial charge in [0, 0.05) is 20.3 Å². The number of nitro groups is 1. The number of carbonyl (C=O) groups excluding carboxylic acids is 2. The molecule has 0 aliphatic rings. The van der Waals surface area contributed by atoms with Crippen LogP contribution in [0.4, 0.5) is 11.4 Å². The van der Waals surface area contributed by atoms with Crippen LogP contribution in [-0.2, 0) is 11.8 Å². The summed E-state index contributed by atoms with van der Waals surface area (Å²) in [4.78, 5) is 34.4. The molecule has 11 nitrogen and oxygen atoms in total. The monoisotopic (exact) mass is 335 g/mol. The van der Waals surface area contributed by atoms with Gasteiger partial charge < -0.3 is 10.6 Å². The highest BCUT2D eigenvalue weighted by Crippen LogP contribution is 2.20. The van der Waals surface area contributed by atoms with Crippen molar-refractivity contribution in [2.75, 3.05) is 12.4 Å². The maximum Gasteiger partial charge on any atom is 0.307 e. The summed E-state index contributed by atoms with van der Waals surface area (Å²) < 4.78 is 2.63. The Kier molecular flexibility index (Phi) is 4.92. The lowest BCUT2D eigenvalue weighted by molar-refractivity contribution is -0.385. The molecule has 2 amide bonds. The molecule has 0 aliphatic heterocycles. The van der Waals surface area contributed by atoms with Gasteiger partial charge in [-0.05, 0) is 6.42 Å². The molecule has 0 aromatic carbocycles. The number of aryl methyl sites for hydroxylation is 1. The van der Waals surface area contributed by atoms with Crippen LogP contribution in [0.1, 0.15) is 29.9 Å². The van der Waals surface area contributed by atoms with Crippen LogP contribution in [0.2, 0.25) is 0 Å². The lowest BCUT2D eigenvalue weighted by Gasteiger charge is -2.14. The molecule has 2 rings (SSSR count). The standard InChI is InChI=1S/C13H17N7O4/c1-4-10(19-6-8(5-15-19)20(23)24)12(21)16-9-7-18(3)17-11(9)13(22)14-2/h5-7,10H,4H2,1-3H3,(H,14,22)(H,16,21). The van der Waals surface area contributed by atoms with E-state index in [1.54, 1.807) is 14.0 Å². The van der Waals surface area contributed by atoms with Crippen molar-refractivity contribution in [1.29, 1.82) is 0 Å². The van der Waals surface area contributed by atoms with Crippen LogP contribution in [0.15, 0.2) is 18.6 Å². The minimum Gasteiger partial charge on any atom is -0.354 e. The number of rotatable bonds is 6.